The van der Waals surface area contributed by atoms with E-state index in [4.69, 9.17) is 0 Å². The summed E-state index contributed by atoms with van der Waals surface area (Å²) in [6, 6.07) is 10.6. The maximum Gasteiger partial charge on any atom is 0.280 e. The van der Waals surface area contributed by atoms with Crippen molar-refractivity contribution in [3.63, 3.8) is 0 Å². The molecule has 2 heterocycles. The SMILES string of the molecule is CC(CCCc1ccccc1)n1nnc2c(=O)[nH]cnc21. The van der Waals surface area contributed by atoms with Gasteiger partial charge >= 0.3 is 0 Å². The van der Waals surface area contributed by atoms with Gasteiger partial charge in [0.1, 0.15) is 0 Å². The maximum absolute atomic E-state index is 11.6. The number of aromatic amines is 1. The Morgan fingerprint density at radius 2 is 2.10 bits per heavy atom. The van der Waals surface area contributed by atoms with Gasteiger partial charge < -0.3 is 4.98 Å². The average molecular weight is 283 g/mol. The van der Waals surface area contributed by atoms with Gasteiger partial charge in [0.15, 0.2) is 11.2 Å². The summed E-state index contributed by atoms with van der Waals surface area (Å²) in [7, 11) is 0. The molecule has 0 bridgehead atoms. The van der Waals surface area contributed by atoms with Gasteiger partial charge in [-0.1, -0.05) is 35.5 Å². The van der Waals surface area contributed by atoms with Gasteiger partial charge in [-0.15, -0.1) is 5.10 Å². The third-order valence-electron chi connectivity index (χ3n) is 3.62. The highest BCUT2D eigenvalue weighted by atomic mass is 16.1. The van der Waals surface area contributed by atoms with E-state index in [0.717, 1.165) is 19.3 Å². The number of rotatable bonds is 5. The van der Waals surface area contributed by atoms with Crippen molar-refractivity contribution in [1.29, 1.82) is 0 Å². The molecule has 0 saturated carbocycles. The molecule has 1 atom stereocenters. The van der Waals surface area contributed by atoms with Crippen LogP contribution < -0.4 is 5.56 Å². The molecular formula is C15H17N5O. The predicted molar refractivity (Wildman–Crippen MR) is 80.0 cm³/mol. The summed E-state index contributed by atoms with van der Waals surface area (Å²) in [5.41, 5.74) is 1.93. The Bertz CT molecular complexity index is 777. The zero-order valence-electron chi connectivity index (χ0n) is 11.9. The first kappa shape index (κ1) is 13.5. The second kappa shape index (κ2) is 5.87. The Morgan fingerprint density at radius 3 is 2.90 bits per heavy atom. The number of nitrogens with zero attached hydrogens (tertiary/aromatic N) is 4. The molecule has 3 rings (SSSR count). The largest absolute Gasteiger partial charge is 0.311 e. The van der Waals surface area contributed by atoms with Crippen molar-refractivity contribution in [1.82, 2.24) is 25.0 Å². The summed E-state index contributed by atoms with van der Waals surface area (Å²) in [4.78, 5) is 18.3. The number of H-pyrrole nitrogens is 1. The van der Waals surface area contributed by atoms with Crippen molar-refractivity contribution < 1.29 is 0 Å². The van der Waals surface area contributed by atoms with Crippen LogP contribution in [0.15, 0.2) is 41.5 Å². The molecule has 108 valence electrons. The molecule has 1 aromatic carbocycles. The normalized spacial score (nSPS) is 12.6. The Balaban J connectivity index is 1.68. The van der Waals surface area contributed by atoms with Crippen LogP contribution >= 0.6 is 0 Å². The van der Waals surface area contributed by atoms with E-state index in [-0.39, 0.29) is 11.6 Å². The first-order valence-electron chi connectivity index (χ1n) is 7.08. The van der Waals surface area contributed by atoms with Crippen molar-refractivity contribution in [2.45, 2.75) is 32.2 Å². The van der Waals surface area contributed by atoms with E-state index >= 15 is 0 Å². The standard InChI is InChI=1S/C15H17N5O/c1-11(6-5-9-12-7-3-2-4-8-12)20-14-13(18-19-20)15(21)17-10-16-14/h2-4,7-8,10-11H,5-6,9H2,1H3,(H,16,17,21). The van der Waals surface area contributed by atoms with Crippen LogP contribution in [0.1, 0.15) is 31.4 Å². The average Bonchev–Trinajstić information content (AvgIpc) is 2.94. The van der Waals surface area contributed by atoms with E-state index in [9.17, 15) is 4.79 Å². The minimum atomic E-state index is -0.247. The van der Waals surface area contributed by atoms with Gasteiger partial charge in [0.2, 0.25) is 0 Å². The Kier molecular flexibility index (Phi) is 3.77. The van der Waals surface area contributed by atoms with Crippen LogP contribution in [0.25, 0.3) is 11.2 Å². The summed E-state index contributed by atoms with van der Waals surface area (Å²) >= 11 is 0. The van der Waals surface area contributed by atoms with Crippen LogP contribution in [-0.2, 0) is 6.42 Å². The molecule has 0 saturated heterocycles. The molecule has 0 fully saturated rings. The summed E-state index contributed by atoms with van der Waals surface area (Å²) in [5, 5.41) is 7.98. The first-order valence-corrected chi connectivity index (χ1v) is 7.08. The molecule has 6 heteroatoms. The highest BCUT2D eigenvalue weighted by Crippen LogP contribution is 2.17. The quantitative estimate of drug-likeness (QED) is 0.778. The number of aryl methyl sites for hydroxylation is 1. The predicted octanol–water partition coefficient (Wildman–Crippen LogP) is 2.10. The molecule has 2 aromatic heterocycles. The summed E-state index contributed by atoms with van der Waals surface area (Å²) < 4.78 is 1.73. The smallest absolute Gasteiger partial charge is 0.280 e. The summed E-state index contributed by atoms with van der Waals surface area (Å²) in [6.45, 7) is 2.07. The highest BCUT2D eigenvalue weighted by Gasteiger charge is 2.14. The molecule has 1 N–H and O–H groups in total. The zero-order valence-corrected chi connectivity index (χ0v) is 11.9. The van der Waals surface area contributed by atoms with Gasteiger partial charge in [0.25, 0.3) is 5.56 Å². The van der Waals surface area contributed by atoms with Gasteiger partial charge in [0, 0.05) is 0 Å². The fraction of sp³-hybridized carbons (Fsp3) is 0.333. The number of aromatic nitrogens is 5. The minimum Gasteiger partial charge on any atom is -0.311 e. The fourth-order valence-corrected chi connectivity index (χ4v) is 2.44. The Morgan fingerprint density at radius 1 is 1.29 bits per heavy atom. The lowest BCUT2D eigenvalue weighted by molar-refractivity contribution is 0.445. The van der Waals surface area contributed by atoms with Crippen LogP contribution in [0, 0.1) is 0 Å². The first-order chi connectivity index (χ1) is 10.3. The molecule has 0 spiro atoms. The van der Waals surface area contributed by atoms with Crippen LogP contribution in [0.3, 0.4) is 0 Å². The van der Waals surface area contributed by atoms with Crippen molar-refractivity contribution in [3.05, 3.63) is 52.6 Å². The molecule has 0 aliphatic carbocycles. The van der Waals surface area contributed by atoms with Crippen molar-refractivity contribution >= 4 is 11.2 Å². The minimum absolute atomic E-state index is 0.160. The molecule has 0 amide bonds. The second-order valence-electron chi connectivity index (χ2n) is 5.16. The lowest BCUT2D eigenvalue weighted by Crippen LogP contribution is -2.10. The van der Waals surface area contributed by atoms with E-state index in [0.29, 0.717) is 11.2 Å². The van der Waals surface area contributed by atoms with Crippen LogP contribution in [0.2, 0.25) is 0 Å². The number of nitrogens with one attached hydrogen (secondary N) is 1. The number of hydrogen-bond donors (Lipinski definition) is 1. The molecular weight excluding hydrogens is 266 g/mol. The summed E-state index contributed by atoms with van der Waals surface area (Å²) in [5.74, 6) is 0. The number of fused-ring (bicyclic) bond motifs is 1. The fourth-order valence-electron chi connectivity index (χ4n) is 2.44. The molecule has 0 aliphatic rings. The maximum atomic E-state index is 11.6. The monoisotopic (exact) mass is 283 g/mol. The topological polar surface area (TPSA) is 76.5 Å². The molecule has 0 radical (unpaired) electrons. The Hall–Kier alpha value is -2.50. The molecule has 3 aromatic rings. The van der Waals surface area contributed by atoms with E-state index < -0.39 is 0 Å². The van der Waals surface area contributed by atoms with Gasteiger partial charge in [-0.3, -0.25) is 4.79 Å². The highest BCUT2D eigenvalue weighted by molar-refractivity contribution is 5.67. The van der Waals surface area contributed by atoms with Crippen molar-refractivity contribution in [2.75, 3.05) is 0 Å². The van der Waals surface area contributed by atoms with Gasteiger partial charge in [-0.25, -0.2) is 9.67 Å². The molecule has 1 unspecified atom stereocenters. The zero-order chi connectivity index (χ0) is 14.7. The number of benzene rings is 1. The molecule has 21 heavy (non-hydrogen) atoms. The van der Waals surface area contributed by atoms with Gasteiger partial charge in [0.05, 0.1) is 12.4 Å². The van der Waals surface area contributed by atoms with Crippen LogP contribution in [-0.4, -0.2) is 25.0 Å². The molecule has 0 aliphatic heterocycles. The lowest BCUT2D eigenvalue weighted by atomic mass is 10.1. The van der Waals surface area contributed by atoms with E-state index in [2.05, 4.69) is 51.5 Å². The third kappa shape index (κ3) is 2.84. The van der Waals surface area contributed by atoms with Crippen LogP contribution in [0.4, 0.5) is 0 Å². The summed E-state index contributed by atoms with van der Waals surface area (Å²) in [6.07, 6.45) is 4.44. The van der Waals surface area contributed by atoms with Gasteiger partial charge in [-0.05, 0) is 31.7 Å². The lowest BCUT2D eigenvalue weighted by Gasteiger charge is -2.11. The van der Waals surface area contributed by atoms with Crippen molar-refractivity contribution in [3.8, 4) is 0 Å². The number of hydrogen-bond acceptors (Lipinski definition) is 4. The van der Waals surface area contributed by atoms with Gasteiger partial charge in [-0.2, -0.15) is 0 Å². The van der Waals surface area contributed by atoms with E-state index in [1.54, 1.807) is 4.68 Å². The Labute approximate surface area is 121 Å². The third-order valence-corrected chi connectivity index (χ3v) is 3.62. The molecule has 6 nitrogen and oxygen atoms in total. The van der Waals surface area contributed by atoms with E-state index in [1.165, 1.54) is 11.9 Å². The van der Waals surface area contributed by atoms with E-state index in [1.807, 2.05) is 6.07 Å². The van der Waals surface area contributed by atoms with Crippen molar-refractivity contribution in [2.24, 2.45) is 0 Å². The van der Waals surface area contributed by atoms with Crippen LogP contribution in [0.5, 0.6) is 0 Å². The second-order valence-corrected chi connectivity index (χ2v) is 5.16.